The van der Waals surface area contributed by atoms with Crippen molar-refractivity contribution in [1.29, 1.82) is 0 Å². The van der Waals surface area contributed by atoms with Crippen LogP contribution in [0.3, 0.4) is 0 Å². The fraction of sp³-hybridized carbons (Fsp3) is 0.579. The fourth-order valence-electron chi connectivity index (χ4n) is 3.76. The van der Waals surface area contributed by atoms with Crippen LogP contribution in [0.2, 0.25) is 0 Å². The van der Waals surface area contributed by atoms with Gasteiger partial charge >= 0.3 is 0 Å². The largest absolute Gasteiger partial charge is 0.370 e. The standard InChI is InChI=1S/C19H27N3O2/c1-15(23)21-12-8-17(9-13-21)19(24)20-10-14-22-11-4-6-16-5-2-3-7-18(16)22/h2-3,5,7,17H,4,6,8-14H2,1H3,(H,20,24). The van der Waals surface area contributed by atoms with Gasteiger partial charge < -0.3 is 15.1 Å². The Labute approximate surface area is 144 Å². The van der Waals surface area contributed by atoms with E-state index in [9.17, 15) is 9.59 Å². The van der Waals surface area contributed by atoms with Crippen molar-refractivity contribution in [2.24, 2.45) is 5.92 Å². The Morgan fingerprint density at radius 1 is 1.17 bits per heavy atom. The van der Waals surface area contributed by atoms with Crippen LogP contribution in [0, 0.1) is 5.92 Å². The molecule has 1 N–H and O–H groups in total. The molecular formula is C19H27N3O2. The van der Waals surface area contributed by atoms with Crippen LogP contribution in [0.15, 0.2) is 24.3 Å². The van der Waals surface area contributed by atoms with Crippen LogP contribution < -0.4 is 10.2 Å². The number of nitrogens with one attached hydrogen (secondary N) is 1. The molecule has 24 heavy (non-hydrogen) atoms. The number of nitrogens with zero attached hydrogens (tertiary/aromatic N) is 2. The van der Waals surface area contributed by atoms with Crippen molar-refractivity contribution >= 4 is 17.5 Å². The molecule has 5 heteroatoms. The summed E-state index contributed by atoms with van der Waals surface area (Å²) in [5.41, 5.74) is 2.72. The predicted octanol–water partition coefficient (Wildman–Crippen LogP) is 1.81. The Balaban J connectivity index is 1.44. The third kappa shape index (κ3) is 3.89. The molecule has 2 aliphatic rings. The molecule has 1 fully saturated rings. The zero-order valence-electron chi connectivity index (χ0n) is 14.5. The van der Waals surface area contributed by atoms with Gasteiger partial charge in [-0.15, -0.1) is 0 Å². The highest BCUT2D eigenvalue weighted by Crippen LogP contribution is 2.26. The van der Waals surface area contributed by atoms with Crippen LogP contribution in [0.1, 0.15) is 31.7 Å². The molecule has 0 bridgehead atoms. The van der Waals surface area contributed by atoms with Gasteiger partial charge in [-0.25, -0.2) is 0 Å². The van der Waals surface area contributed by atoms with E-state index in [1.54, 1.807) is 6.92 Å². The molecule has 5 nitrogen and oxygen atoms in total. The minimum atomic E-state index is 0.0502. The van der Waals surface area contributed by atoms with Crippen LogP contribution in [-0.4, -0.2) is 49.4 Å². The molecule has 0 aromatic heterocycles. The van der Waals surface area contributed by atoms with Gasteiger partial charge in [0.05, 0.1) is 0 Å². The third-order valence-corrected chi connectivity index (χ3v) is 5.20. The van der Waals surface area contributed by atoms with Crippen LogP contribution in [0.5, 0.6) is 0 Å². The Morgan fingerprint density at radius 3 is 2.67 bits per heavy atom. The van der Waals surface area contributed by atoms with Crippen molar-refractivity contribution < 1.29 is 9.59 Å². The molecule has 1 saturated heterocycles. The number of aryl methyl sites for hydroxylation is 1. The van der Waals surface area contributed by atoms with Gasteiger partial charge in [0, 0.05) is 51.3 Å². The van der Waals surface area contributed by atoms with E-state index in [4.69, 9.17) is 0 Å². The number of hydrogen-bond acceptors (Lipinski definition) is 3. The Kier molecular flexibility index (Phi) is 5.38. The van der Waals surface area contributed by atoms with Gasteiger partial charge in [0.25, 0.3) is 0 Å². The van der Waals surface area contributed by atoms with Crippen LogP contribution in [-0.2, 0) is 16.0 Å². The average Bonchev–Trinajstić information content (AvgIpc) is 2.62. The Hall–Kier alpha value is -2.04. The first-order chi connectivity index (χ1) is 11.6. The van der Waals surface area contributed by atoms with Crippen molar-refractivity contribution in [3.8, 4) is 0 Å². The van der Waals surface area contributed by atoms with E-state index in [0.29, 0.717) is 19.6 Å². The van der Waals surface area contributed by atoms with Gasteiger partial charge in [-0.1, -0.05) is 18.2 Å². The third-order valence-electron chi connectivity index (χ3n) is 5.20. The second-order valence-electron chi connectivity index (χ2n) is 6.79. The maximum absolute atomic E-state index is 12.3. The van der Waals surface area contributed by atoms with E-state index < -0.39 is 0 Å². The molecule has 130 valence electrons. The number of rotatable bonds is 4. The first-order valence-electron chi connectivity index (χ1n) is 9.01. The summed E-state index contributed by atoms with van der Waals surface area (Å²) in [5.74, 6) is 0.301. The molecule has 0 spiro atoms. The van der Waals surface area contributed by atoms with Gasteiger partial charge in [-0.05, 0) is 37.3 Å². The smallest absolute Gasteiger partial charge is 0.223 e. The SMILES string of the molecule is CC(=O)N1CCC(C(=O)NCCN2CCCc3ccccc32)CC1. The van der Waals surface area contributed by atoms with Crippen LogP contribution in [0.4, 0.5) is 5.69 Å². The maximum Gasteiger partial charge on any atom is 0.223 e. The fourth-order valence-corrected chi connectivity index (χ4v) is 3.76. The van der Waals surface area contributed by atoms with Crippen molar-refractivity contribution in [2.45, 2.75) is 32.6 Å². The van der Waals surface area contributed by atoms with Crippen LogP contribution in [0.25, 0.3) is 0 Å². The maximum atomic E-state index is 12.3. The van der Waals surface area contributed by atoms with Gasteiger partial charge in [0.2, 0.25) is 11.8 Å². The monoisotopic (exact) mass is 329 g/mol. The Bertz CT molecular complexity index is 594. The summed E-state index contributed by atoms with van der Waals surface area (Å²) >= 11 is 0. The lowest BCUT2D eigenvalue weighted by Crippen LogP contribution is -2.44. The van der Waals surface area contributed by atoms with Gasteiger partial charge in [0.1, 0.15) is 0 Å². The molecule has 2 amide bonds. The predicted molar refractivity (Wildman–Crippen MR) is 95.0 cm³/mol. The van der Waals surface area contributed by atoms with E-state index >= 15 is 0 Å². The summed E-state index contributed by atoms with van der Waals surface area (Å²) in [7, 11) is 0. The summed E-state index contributed by atoms with van der Waals surface area (Å²) in [6.07, 6.45) is 3.87. The molecule has 2 aliphatic heterocycles. The number of anilines is 1. The average molecular weight is 329 g/mol. The number of benzene rings is 1. The summed E-state index contributed by atoms with van der Waals surface area (Å²) < 4.78 is 0. The topological polar surface area (TPSA) is 52.7 Å². The summed E-state index contributed by atoms with van der Waals surface area (Å²) in [5, 5.41) is 3.09. The minimum Gasteiger partial charge on any atom is -0.370 e. The summed E-state index contributed by atoms with van der Waals surface area (Å²) in [4.78, 5) is 27.9. The molecule has 0 radical (unpaired) electrons. The van der Waals surface area contributed by atoms with Crippen molar-refractivity contribution in [1.82, 2.24) is 10.2 Å². The van der Waals surface area contributed by atoms with Crippen LogP contribution >= 0.6 is 0 Å². The van der Waals surface area contributed by atoms with E-state index in [0.717, 1.165) is 32.4 Å². The number of carbonyl (C=O) groups excluding carboxylic acids is 2. The molecule has 0 saturated carbocycles. The highest BCUT2D eigenvalue weighted by molar-refractivity contribution is 5.79. The first kappa shape index (κ1) is 16.8. The first-order valence-corrected chi connectivity index (χ1v) is 9.01. The number of para-hydroxylation sites is 1. The summed E-state index contributed by atoms with van der Waals surface area (Å²) in [6, 6.07) is 8.55. The van der Waals surface area contributed by atoms with E-state index in [2.05, 4.69) is 34.5 Å². The molecule has 3 rings (SSSR count). The summed E-state index contributed by atoms with van der Waals surface area (Å²) in [6.45, 7) is 5.59. The van der Waals surface area contributed by atoms with E-state index in [-0.39, 0.29) is 17.7 Å². The number of amides is 2. The number of hydrogen-bond donors (Lipinski definition) is 1. The van der Waals surface area contributed by atoms with E-state index in [1.807, 2.05) is 4.90 Å². The zero-order valence-corrected chi connectivity index (χ0v) is 14.5. The normalized spacial score (nSPS) is 18.2. The van der Waals surface area contributed by atoms with Crippen molar-refractivity contribution in [2.75, 3.05) is 37.6 Å². The second-order valence-corrected chi connectivity index (χ2v) is 6.79. The van der Waals surface area contributed by atoms with Gasteiger partial charge in [0.15, 0.2) is 0 Å². The Morgan fingerprint density at radius 2 is 1.92 bits per heavy atom. The molecule has 0 aliphatic carbocycles. The number of likely N-dealkylation sites (tertiary alicyclic amines) is 1. The molecule has 1 aromatic rings. The lowest BCUT2D eigenvalue weighted by molar-refractivity contribution is -0.133. The number of piperidine rings is 1. The highest BCUT2D eigenvalue weighted by Gasteiger charge is 2.26. The molecule has 0 atom stereocenters. The number of fused-ring (bicyclic) bond motifs is 1. The zero-order chi connectivity index (χ0) is 16.9. The number of carbonyl (C=O) groups is 2. The van der Waals surface area contributed by atoms with E-state index in [1.165, 1.54) is 17.7 Å². The van der Waals surface area contributed by atoms with Crippen molar-refractivity contribution in [3.05, 3.63) is 29.8 Å². The second kappa shape index (κ2) is 7.69. The quantitative estimate of drug-likeness (QED) is 0.917. The lowest BCUT2D eigenvalue weighted by Gasteiger charge is -2.32. The molecular weight excluding hydrogens is 302 g/mol. The van der Waals surface area contributed by atoms with Gasteiger partial charge in [-0.2, -0.15) is 0 Å². The highest BCUT2D eigenvalue weighted by atomic mass is 16.2. The van der Waals surface area contributed by atoms with Gasteiger partial charge in [-0.3, -0.25) is 9.59 Å². The molecule has 2 heterocycles. The lowest BCUT2D eigenvalue weighted by atomic mass is 9.96. The minimum absolute atomic E-state index is 0.0502. The van der Waals surface area contributed by atoms with Crippen molar-refractivity contribution in [3.63, 3.8) is 0 Å². The molecule has 0 unspecified atom stereocenters. The molecule has 1 aromatic carbocycles.